The molecule has 0 aliphatic carbocycles. The molecule has 1 aromatic rings. The monoisotopic (exact) mass is 266 g/mol. The number of benzene rings is 1. The summed E-state index contributed by atoms with van der Waals surface area (Å²) in [4.78, 5) is 12.0. The topological polar surface area (TPSA) is 82.8 Å². The van der Waals surface area contributed by atoms with Gasteiger partial charge in [0, 0.05) is 6.54 Å². The van der Waals surface area contributed by atoms with Crippen molar-refractivity contribution in [3.05, 3.63) is 23.8 Å². The summed E-state index contributed by atoms with van der Waals surface area (Å²) < 4.78 is 15.8. The number of anilines is 1. The molecule has 6 heteroatoms. The fourth-order valence-electron chi connectivity index (χ4n) is 1.88. The lowest BCUT2D eigenvalue weighted by atomic mass is 10.1. The number of hydrogen-bond donors (Lipinski definition) is 2. The Balaban J connectivity index is 1.95. The summed E-state index contributed by atoms with van der Waals surface area (Å²) in [6.45, 7) is 2.05. The van der Waals surface area contributed by atoms with Gasteiger partial charge in [0.2, 0.25) is 0 Å². The van der Waals surface area contributed by atoms with Gasteiger partial charge in [0.05, 0.1) is 44.3 Å². The highest BCUT2D eigenvalue weighted by molar-refractivity contribution is 6.00. The van der Waals surface area contributed by atoms with Gasteiger partial charge in [-0.15, -0.1) is 0 Å². The Hall–Kier alpha value is -1.79. The first-order valence-corrected chi connectivity index (χ1v) is 6.12. The number of hydrogen-bond acceptors (Lipinski definition) is 5. The lowest BCUT2D eigenvalue weighted by Crippen LogP contribution is -2.39. The van der Waals surface area contributed by atoms with Gasteiger partial charge in [-0.25, -0.2) is 0 Å². The van der Waals surface area contributed by atoms with Crippen LogP contribution >= 0.6 is 0 Å². The molecular formula is C13H18N2O4. The molecule has 1 aliphatic heterocycles. The molecule has 1 aromatic carbocycles. The minimum Gasteiger partial charge on any atom is -0.495 e. The molecule has 6 nitrogen and oxygen atoms in total. The maximum atomic E-state index is 12.0. The predicted molar refractivity (Wildman–Crippen MR) is 70.3 cm³/mol. The molecule has 2 rings (SSSR count). The Morgan fingerprint density at radius 3 is 3.05 bits per heavy atom. The number of methoxy groups -OCH3 is 1. The van der Waals surface area contributed by atoms with Gasteiger partial charge in [-0.3, -0.25) is 4.79 Å². The molecule has 0 spiro atoms. The lowest BCUT2D eigenvalue weighted by Gasteiger charge is -2.23. The first-order chi connectivity index (χ1) is 9.22. The first-order valence-electron chi connectivity index (χ1n) is 6.12. The molecule has 19 heavy (non-hydrogen) atoms. The highest BCUT2D eigenvalue weighted by Gasteiger charge is 2.17. The van der Waals surface area contributed by atoms with Crippen LogP contribution in [0.4, 0.5) is 5.69 Å². The number of para-hydroxylation sites is 1. The van der Waals surface area contributed by atoms with Gasteiger partial charge in [-0.05, 0) is 12.1 Å². The van der Waals surface area contributed by atoms with Crippen molar-refractivity contribution >= 4 is 11.6 Å². The molecule has 0 radical (unpaired) electrons. The van der Waals surface area contributed by atoms with E-state index < -0.39 is 0 Å². The number of nitrogens with one attached hydrogen (secondary N) is 1. The summed E-state index contributed by atoms with van der Waals surface area (Å²) in [7, 11) is 1.51. The fraction of sp³-hybridized carbons (Fsp3) is 0.462. The minimum atomic E-state index is -0.245. The van der Waals surface area contributed by atoms with Crippen LogP contribution in [-0.2, 0) is 9.47 Å². The molecule has 3 N–H and O–H groups in total. The molecular weight excluding hydrogens is 248 g/mol. The SMILES string of the molecule is COc1cccc(C(=O)NCC2COCCO2)c1N. The Bertz CT molecular complexity index is 444. The van der Waals surface area contributed by atoms with Crippen LogP contribution in [0.2, 0.25) is 0 Å². The third kappa shape index (κ3) is 3.36. The largest absolute Gasteiger partial charge is 0.495 e. The van der Waals surface area contributed by atoms with Crippen molar-refractivity contribution in [2.45, 2.75) is 6.10 Å². The minimum absolute atomic E-state index is 0.107. The van der Waals surface area contributed by atoms with E-state index in [0.29, 0.717) is 43.4 Å². The average Bonchev–Trinajstić information content (AvgIpc) is 2.46. The number of carbonyl (C=O) groups excluding carboxylic acids is 1. The summed E-state index contributed by atoms with van der Waals surface area (Å²) in [5.41, 5.74) is 6.60. The standard InChI is InChI=1S/C13H18N2O4/c1-17-11-4-2-3-10(12(11)14)13(16)15-7-9-8-18-5-6-19-9/h2-4,9H,5-8,14H2,1H3,(H,15,16). The summed E-state index contributed by atoms with van der Waals surface area (Å²) in [5, 5.41) is 2.78. The lowest BCUT2D eigenvalue weighted by molar-refractivity contribution is -0.0855. The van der Waals surface area contributed by atoms with Crippen molar-refractivity contribution < 1.29 is 19.0 Å². The van der Waals surface area contributed by atoms with Crippen LogP contribution in [0.5, 0.6) is 5.75 Å². The average molecular weight is 266 g/mol. The first kappa shape index (κ1) is 13.6. The maximum Gasteiger partial charge on any atom is 0.253 e. The Morgan fingerprint density at radius 1 is 1.53 bits per heavy atom. The molecule has 104 valence electrons. The highest BCUT2D eigenvalue weighted by atomic mass is 16.6. The molecule has 1 amide bonds. The molecule has 1 saturated heterocycles. The van der Waals surface area contributed by atoms with E-state index >= 15 is 0 Å². The number of ether oxygens (including phenoxy) is 3. The van der Waals surface area contributed by atoms with Crippen LogP contribution in [-0.4, -0.2) is 45.5 Å². The van der Waals surface area contributed by atoms with E-state index in [0.717, 1.165) is 0 Å². The highest BCUT2D eigenvalue weighted by Crippen LogP contribution is 2.24. The number of amides is 1. The molecule has 1 atom stereocenters. The van der Waals surface area contributed by atoms with E-state index in [9.17, 15) is 4.79 Å². The molecule has 1 fully saturated rings. The number of rotatable bonds is 4. The molecule has 1 heterocycles. The smallest absolute Gasteiger partial charge is 0.253 e. The molecule has 0 saturated carbocycles. The third-order valence-corrected chi connectivity index (χ3v) is 2.91. The Morgan fingerprint density at radius 2 is 2.37 bits per heavy atom. The van der Waals surface area contributed by atoms with Crippen molar-refractivity contribution in [1.82, 2.24) is 5.32 Å². The van der Waals surface area contributed by atoms with E-state index in [4.69, 9.17) is 19.9 Å². The van der Waals surface area contributed by atoms with Crippen LogP contribution in [0.15, 0.2) is 18.2 Å². The van der Waals surface area contributed by atoms with Crippen LogP contribution in [0.3, 0.4) is 0 Å². The van der Waals surface area contributed by atoms with Crippen LogP contribution in [0.1, 0.15) is 10.4 Å². The van der Waals surface area contributed by atoms with Gasteiger partial charge < -0.3 is 25.3 Å². The van der Waals surface area contributed by atoms with E-state index in [1.165, 1.54) is 7.11 Å². The van der Waals surface area contributed by atoms with E-state index in [2.05, 4.69) is 5.32 Å². The maximum absolute atomic E-state index is 12.0. The van der Waals surface area contributed by atoms with Crippen LogP contribution < -0.4 is 15.8 Å². The normalized spacial score (nSPS) is 18.9. The summed E-state index contributed by atoms with van der Waals surface area (Å²) in [5.74, 6) is 0.246. The zero-order valence-corrected chi connectivity index (χ0v) is 10.8. The summed E-state index contributed by atoms with van der Waals surface area (Å²) in [6.07, 6.45) is -0.107. The molecule has 1 aliphatic rings. The van der Waals surface area contributed by atoms with Crippen molar-refractivity contribution in [2.75, 3.05) is 39.2 Å². The van der Waals surface area contributed by atoms with Crippen molar-refractivity contribution in [3.8, 4) is 5.75 Å². The quantitative estimate of drug-likeness (QED) is 0.772. The van der Waals surface area contributed by atoms with Gasteiger partial charge in [0.25, 0.3) is 5.91 Å². The second-order valence-electron chi connectivity index (χ2n) is 4.20. The van der Waals surface area contributed by atoms with Gasteiger partial charge >= 0.3 is 0 Å². The van der Waals surface area contributed by atoms with E-state index in [-0.39, 0.29) is 12.0 Å². The second-order valence-corrected chi connectivity index (χ2v) is 4.20. The molecule has 0 bridgehead atoms. The van der Waals surface area contributed by atoms with Gasteiger partial charge in [-0.1, -0.05) is 6.07 Å². The van der Waals surface area contributed by atoms with Gasteiger partial charge in [0.15, 0.2) is 0 Å². The van der Waals surface area contributed by atoms with Crippen LogP contribution in [0.25, 0.3) is 0 Å². The second kappa shape index (κ2) is 6.40. The number of carbonyl (C=O) groups is 1. The molecule has 1 unspecified atom stereocenters. The summed E-state index contributed by atoms with van der Waals surface area (Å²) in [6, 6.07) is 5.10. The van der Waals surface area contributed by atoms with E-state index in [1.807, 2.05) is 0 Å². The van der Waals surface area contributed by atoms with Crippen molar-refractivity contribution in [3.63, 3.8) is 0 Å². The fourth-order valence-corrected chi connectivity index (χ4v) is 1.88. The Kier molecular flexibility index (Phi) is 4.59. The number of nitrogen functional groups attached to an aromatic ring is 1. The zero-order valence-electron chi connectivity index (χ0n) is 10.8. The van der Waals surface area contributed by atoms with Gasteiger partial charge in [-0.2, -0.15) is 0 Å². The van der Waals surface area contributed by atoms with Crippen molar-refractivity contribution in [1.29, 1.82) is 0 Å². The van der Waals surface area contributed by atoms with Gasteiger partial charge in [0.1, 0.15) is 5.75 Å². The number of nitrogens with two attached hydrogens (primary N) is 1. The third-order valence-electron chi connectivity index (χ3n) is 2.91. The Labute approximate surface area is 111 Å². The summed E-state index contributed by atoms with van der Waals surface area (Å²) >= 11 is 0. The van der Waals surface area contributed by atoms with E-state index in [1.54, 1.807) is 18.2 Å². The van der Waals surface area contributed by atoms with Crippen molar-refractivity contribution in [2.24, 2.45) is 0 Å². The van der Waals surface area contributed by atoms with Crippen LogP contribution in [0, 0.1) is 0 Å². The molecule has 0 aromatic heterocycles. The zero-order chi connectivity index (χ0) is 13.7. The predicted octanol–water partition coefficient (Wildman–Crippen LogP) is 0.423.